The Bertz CT molecular complexity index is 1120. The molecule has 0 saturated heterocycles. The Kier molecular flexibility index (Phi) is 5.89. The van der Waals surface area contributed by atoms with E-state index in [1.54, 1.807) is 4.52 Å². The van der Waals surface area contributed by atoms with E-state index >= 15 is 0 Å². The molecule has 0 spiro atoms. The fraction of sp³-hybridized carbons (Fsp3) is 0.238. The van der Waals surface area contributed by atoms with Gasteiger partial charge in [0.1, 0.15) is 11.5 Å². The van der Waals surface area contributed by atoms with Gasteiger partial charge < -0.3 is 9.47 Å². The van der Waals surface area contributed by atoms with Crippen molar-refractivity contribution in [1.29, 1.82) is 0 Å². The summed E-state index contributed by atoms with van der Waals surface area (Å²) < 4.78 is 12.9. The molecule has 0 aliphatic heterocycles. The van der Waals surface area contributed by atoms with Crippen LogP contribution in [0.3, 0.4) is 0 Å². The first kappa shape index (κ1) is 19.8. The van der Waals surface area contributed by atoms with Crippen molar-refractivity contribution in [3.05, 3.63) is 54.6 Å². The van der Waals surface area contributed by atoms with Crippen molar-refractivity contribution in [1.82, 2.24) is 19.8 Å². The molecule has 2 aromatic heterocycles. The maximum Gasteiger partial charge on any atom is 0.267 e. The van der Waals surface area contributed by atoms with Gasteiger partial charge in [0.05, 0.1) is 6.61 Å². The molecule has 154 valence electrons. The van der Waals surface area contributed by atoms with Crippen molar-refractivity contribution in [3.8, 4) is 22.9 Å². The third-order valence-corrected chi connectivity index (χ3v) is 5.14. The van der Waals surface area contributed by atoms with E-state index in [9.17, 15) is 4.79 Å². The predicted molar refractivity (Wildman–Crippen MR) is 115 cm³/mol. The topological polar surface area (TPSA) is 90.6 Å². The number of nitrogens with one attached hydrogen (secondary N) is 1. The minimum atomic E-state index is -0.618. The number of fused-ring (bicyclic) bond motifs is 1. The molecular weight excluding hydrogens is 402 g/mol. The van der Waals surface area contributed by atoms with Gasteiger partial charge in [0.25, 0.3) is 5.91 Å². The number of aromatic nitrogens is 4. The quantitative estimate of drug-likeness (QED) is 0.460. The van der Waals surface area contributed by atoms with Crippen LogP contribution < -0.4 is 14.8 Å². The van der Waals surface area contributed by atoms with Crippen molar-refractivity contribution < 1.29 is 14.3 Å². The van der Waals surface area contributed by atoms with Crippen LogP contribution in [0.1, 0.15) is 20.3 Å². The van der Waals surface area contributed by atoms with Crippen molar-refractivity contribution >= 4 is 27.3 Å². The monoisotopic (exact) mass is 423 g/mol. The van der Waals surface area contributed by atoms with Gasteiger partial charge in [0.15, 0.2) is 11.9 Å². The maximum absolute atomic E-state index is 12.7. The molecule has 0 unspecified atom stereocenters. The third-order valence-electron chi connectivity index (χ3n) is 4.33. The Labute approximate surface area is 177 Å². The van der Waals surface area contributed by atoms with Gasteiger partial charge >= 0.3 is 0 Å². The van der Waals surface area contributed by atoms with Crippen LogP contribution in [0, 0.1) is 0 Å². The van der Waals surface area contributed by atoms with Gasteiger partial charge in [-0.05, 0) is 49.7 Å². The van der Waals surface area contributed by atoms with Crippen LogP contribution in [0.15, 0.2) is 54.6 Å². The lowest BCUT2D eigenvalue weighted by molar-refractivity contribution is -0.122. The molecule has 0 radical (unpaired) electrons. The highest BCUT2D eigenvalue weighted by Crippen LogP contribution is 2.26. The molecule has 0 aliphatic carbocycles. The number of rotatable bonds is 8. The molecular formula is C21H21N5O3S. The molecule has 2 heterocycles. The molecule has 0 fully saturated rings. The summed E-state index contributed by atoms with van der Waals surface area (Å²) in [7, 11) is 0. The lowest BCUT2D eigenvalue weighted by Crippen LogP contribution is -2.32. The van der Waals surface area contributed by atoms with E-state index in [4.69, 9.17) is 9.47 Å². The number of anilines is 1. The summed E-state index contributed by atoms with van der Waals surface area (Å²) in [6, 6.07) is 16.8. The highest BCUT2D eigenvalue weighted by Gasteiger charge is 2.21. The zero-order chi connectivity index (χ0) is 20.9. The highest BCUT2D eigenvalue weighted by molar-refractivity contribution is 7.20. The van der Waals surface area contributed by atoms with Gasteiger partial charge in [-0.15, -0.1) is 15.3 Å². The van der Waals surface area contributed by atoms with Crippen LogP contribution in [0.25, 0.3) is 16.3 Å². The molecule has 30 heavy (non-hydrogen) atoms. The molecule has 0 bridgehead atoms. The third kappa shape index (κ3) is 4.25. The van der Waals surface area contributed by atoms with E-state index in [1.807, 2.05) is 68.4 Å². The molecule has 1 atom stereocenters. The Morgan fingerprint density at radius 3 is 2.53 bits per heavy atom. The van der Waals surface area contributed by atoms with Crippen LogP contribution in [-0.4, -0.2) is 38.4 Å². The van der Waals surface area contributed by atoms with E-state index in [-0.39, 0.29) is 5.91 Å². The summed E-state index contributed by atoms with van der Waals surface area (Å²) in [5.41, 5.74) is 0.855. The van der Waals surface area contributed by atoms with Crippen molar-refractivity contribution in [2.75, 3.05) is 11.9 Å². The number of carbonyl (C=O) groups excluding carboxylic acids is 1. The Morgan fingerprint density at radius 1 is 1.07 bits per heavy atom. The molecule has 4 rings (SSSR count). The second kappa shape index (κ2) is 8.91. The summed E-state index contributed by atoms with van der Waals surface area (Å²) in [5.74, 6) is 1.78. The lowest BCUT2D eigenvalue weighted by atomic mass is 10.2. The second-order valence-electron chi connectivity index (χ2n) is 6.40. The molecule has 0 aliphatic rings. The lowest BCUT2D eigenvalue weighted by Gasteiger charge is -2.16. The Balaban J connectivity index is 1.50. The van der Waals surface area contributed by atoms with Gasteiger partial charge in [0.2, 0.25) is 10.1 Å². The number of carbonyl (C=O) groups is 1. The van der Waals surface area contributed by atoms with Gasteiger partial charge in [-0.2, -0.15) is 4.52 Å². The zero-order valence-corrected chi connectivity index (χ0v) is 17.4. The van der Waals surface area contributed by atoms with Gasteiger partial charge in [-0.25, -0.2) is 0 Å². The molecule has 1 amide bonds. The first-order valence-corrected chi connectivity index (χ1v) is 10.5. The first-order chi connectivity index (χ1) is 14.7. The average molecular weight is 423 g/mol. The molecule has 0 saturated carbocycles. The standard InChI is InChI=1S/C21H21N5O3S/c1-3-17(29-16-8-6-5-7-9-16)19(27)22-20-25-26-18(23-24-21(26)30-20)14-10-12-15(13-11-14)28-4-2/h5-13,17H,3-4H2,1-2H3,(H,22,25,27)/t17-/m0/s1. The molecule has 8 nitrogen and oxygen atoms in total. The maximum atomic E-state index is 12.7. The van der Waals surface area contributed by atoms with Crippen LogP contribution >= 0.6 is 11.3 Å². The highest BCUT2D eigenvalue weighted by atomic mass is 32.1. The second-order valence-corrected chi connectivity index (χ2v) is 7.36. The number of para-hydroxylation sites is 1. The van der Waals surface area contributed by atoms with Crippen molar-refractivity contribution in [3.63, 3.8) is 0 Å². The number of benzene rings is 2. The number of ether oxygens (including phenoxy) is 2. The minimum absolute atomic E-state index is 0.256. The summed E-state index contributed by atoms with van der Waals surface area (Å²) in [6.07, 6.45) is -0.0882. The number of amides is 1. The predicted octanol–water partition coefficient (Wildman–Crippen LogP) is 4.05. The molecule has 4 aromatic rings. The summed E-state index contributed by atoms with van der Waals surface area (Å²) in [6.45, 7) is 4.45. The van der Waals surface area contributed by atoms with Gasteiger partial charge in [-0.1, -0.05) is 36.5 Å². The van der Waals surface area contributed by atoms with Crippen LogP contribution in [0.4, 0.5) is 5.13 Å². The SMILES string of the molecule is CCOc1ccc(-c2nnc3sc(NC(=O)[C@H](CC)Oc4ccccc4)nn23)cc1. The van der Waals surface area contributed by atoms with Crippen molar-refractivity contribution in [2.24, 2.45) is 0 Å². The van der Waals surface area contributed by atoms with E-state index in [2.05, 4.69) is 20.6 Å². The number of hydrogen-bond donors (Lipinski definition) is 1. The van der Waals surface area contributed by atoms with Crippen LogP contribution in [-0.2, 0) is 4.79 Å². The number of hydrogen-bond acceptors (Lipinski definition) is 7. The fourth-order valence-corrected chi connectivity index (χ4v) is 3.63. The van der Waals surface area contributed by atoms with E-state index in [0.29, 0.717) is 34.7 Å². The zero-order valence-electron chi connectivity index (χ0n) is 16.6. The summed E-state index contributed by atoms with van der Waals surface area (Å²) >= 11 is 1.25. The Hall–Kier alpha value is -3.46. The van der Waals surface area contributed by atoms with Crippen molar-refractivity contribution in [2.45, 2.75) is 26.4 Å². The first-order valence-electron chi connectivity index (χ1n) is 9.66. The van der Waals surface area contributed by atoms with E-state index in [1.165, 1.54) is 11.3 Å². The van der Waals surface area contributed by atoms with Crippen LogP contribution in [0.5, 0.6) is 11.5 Å². The van der Waals surface area contributed by atoms with E-state index in [0.717, 1.165) is 11.3 Å². The molecule has 1 N–H and O–H groups in total. The Morgan fingerprint density at radius 2 is 1.83 bits per heavy atom. The summed E-state index contributed by atoms with van der Waals surface area (Å²) in [5, 5.41) is 16.1. The smallest absolute Gasteiger partial charge is 0.267 e. The normalized spacial score (nSPS) is 11.9. The van der Waals surface area contributed by atoms with E-state index < -0.39 is 6.10 Å². The molecule has 9 heteroatoms. The minimum Gasteiger partial charge on any atom is -0.494 e. The number of nitrogens with zero attached hydrogens (tertiary/aromatic N) is 4. The van der Waals surface area contributed by atoms with Gasteiger partial charge in [0, 0.05) is 5.56 Å². The fourth-order valence-electron chi connectivity index (χ4n) is 2.89. The molecule has 2 aromatic carbocycles. The largest absolute Gasteiger partial charge is 0.494 e. The summed E-state index contributed by atoms with van der Waals surface area (Å²) in [4.78, 5) is 13.3. The average Bonchev–Trinajstić information content (AvgIpc) is 3.34. The van der Waals surface area contributed by atoms with Gasteiger partial charge in [-0.3, -0.25) is 10.1 Å². The van der Waals surface area contributed by atoms with Crippen LogP contribution in [0.2, 0.25) is 0 Å².